The van der Waals surface area contributed by atoms with Crippen LogP contribution in [0.4, 0.5) is 0 Å². The van der Waals surface area contributed by atoms with Crippen molar-refractivity contribution in [3.05, 3.63) is 67.1 Å². The summed E-state index contributed by atoms with van der Waals surface area (Å²) in [4.78, 5) is 4.26. The fourth-order valence-electron chi connectivity index (χ4n) is 2.20. The van der Waals surface area contributed by atoms with E-state index in [4.69, 9.17) is 10.5 Å². The normalized spacial score (nSPS) is 10.5. The first-order valence-corrected chi connectivity index (χ1v) is 6.89. The first-order valence-electron chi connectivity index (χ1n) is 6.89. The van der Waals surface area contributed by atoms with Crippen LogP contribution in [-0.4, -0.2) is 22.7 Å². The quantitative estimate of drug-likeness (QED) is 0.781. The van der Waals surface area contributed by atoms with Crippen LogP contribution in [0.15, 0.2) is 67.1 Å². The van der Waals surface area contributed by atoms with E-state index in [0.717, 1.165) is 22.7 Å². The van der Waals surface area contributed by atoms with Gasteiger partial charge in [0.25, 0.3) is 0 Å². The fraction of sp³-hybridized carbons (Fsp3) is 0.118. The fourth-order valence-corrected chi connectivity index (χ4v) is 2.20. The molecule has 0 aliphatic carbocycles. The molecule has 0 atom stereocenters. The second-order valence-corrected chi connectivity index (χ2v) is 4.65. The Kier molecular flexibility index (Phi) is 3.98. The number of rotatable bonds is 5. The molecule has 0 aliphatic rings. The average Bonchev–Trinajstić information content (AvgIpc) is 3.04. The number of hydrogen-bond acceptors (Lipinski definition) is 3. The summed E-state index contributed by atoms with van der Waals surface area (Å²) in [5.74, 6) is 0.825. The topological polar surface area (TPSA) is 53.1 Å². The van der Waals surface area contributed by atoms with Crippen LogP contribution in [0.3, 0.4) is 0 Å². The van der Waals surface area contributed by atoms with Crippen molar-refractivity contribution in [1.82, 2.24) is 9.55 Å². The lowest BCUT2D eigenvalue weighted by atomic mass is 10.1. The minimum Gasteiger partial charge on any atom is -0.492 e. The van der Waals surface area contributed by atoms with Gasteiger partial charge in [-0.05, 0) is 24.3 Å². The zero-order valence-electron chi connectivity index (χ0n) is 11.6. The van der Waals surface area contributed by atoms with Gasteiger partial charge >= 0.3 is 0 Å². The molecular formula is C17H17N3O. The maximum Gasteiger partial charge on any atom is 0.119 e. The zero-order chi connectivity index (χ0) is 14.5. The molecule has 0 spiro atoms. The number of nitrogens with two attached hydrogens (primary N) is 1. The van der Waals surface area contributed by atoms with E-state index < -0.39 is 0 Å². The molecule has 0 saturated heterocycles. The third kappa shape index (κ3) is 2.95. The van der Waals surface area contributed by atoms with E-state index in [9.17, 15) is 0 Å². The lowest BCUT2D eigenvalue weighted by Gasteiger charge is -2.10. The predicted octanol–water partition coefficient (Wildman–Crippen LogP) is 2.88. The summed E-state index contributed by atoms with van der Waals surface area (Å²) in [7, 11) is 0. The van der Waals surface area contributed by atoms with Crippen molar-refractivity contribution in [3.63, 3.8) is 0 Å². The number of ether oxygens (including phenoxy) is 1. The number of hydrogen-bond donors (Lipinski definition) is 1. The van der Waals surface area contributed by atoms with Gasteiger partial charge in [-0.25, -0.2) is 4.98 Å². The number of imidazole rings is 1. The Bertz CT molecular complexity index is 690. The van der Waals surface area contributed by atoms with Crippen molar-refractivity contribution in [2.24, 2.45) is 5.73 Å². The summed E-state index contributed by atoms with van der Waals surface area (Å²) in [6.07, 6.45) is 3.69. The second-order valence-electron chi connectivity index (χ2n) is 4.65. The van der Waals surface area contributed by atoms with Gasteiger partial charge in [-0.2, -0.15) is 0 Å². The molecule has 0 amide bonds. The van der Waals surface area contributed by atoms with Gasteiger partial charge in [0.05, 0.1) is 18.2 Å². The Hall–Kier alpha value is -2.59. The third-order valence-electron chi connectivity index (χ3n) is 3.21. The molecule has 2 aromatic carbocycles. The van der Waals surface area contributed by atoms with Crippen molar-refractivity contribution in [1.29, 1.82) is 0 Å². The molecule has 1 aromatic heterocycles. The van der Waals surface area contributed by atoms with Gasteiger partial charge in [0.15, 0.2) is 0 Å². The number of benzene rings is 2. The monoisotopic (exact) mass is 279 g/mol. The highest BCUT2D eigenvalue weighted by atomic mass is 16.5. The molecule has 4 heteroatoms. The largest absolute Gasteiger partial charge is 0.492 e. The van der Waals surface area contributed by atoms with Gasteiger partial charge in [0.2, 0.25) is 0 Å². The smallest absolute Gasteiger partial charge is 0.119 e. The number of aromatic nitrogens is 2. The van der Waals surface area contributed by atoms with E-state index in [1.54, 1.807) is 0 Å². The SMILES string of the molecule is NCCOc1ccc(-n2cncc2-c2ccccc2)cc1. The molecule has 0 aliphatic heterocycles. The molecule has 106 valence electrons. The Morgan fingerprint density at radius 2 is 1.76 bits per heavy atom. The van der Waals surface area contributed by atoms with E-state index in [1.807, 2.05) is 55.0 Å². The maximum absolute atomic E-state index is 5.49. The summed E-state index contributed by atoms with van der Waals surface area (Å²) >= 11 is 0. The molecule has 4 nitrogen and oxygen atoms in total. The minimum atomic E-state index is 0.515. The summed E-state index contributed by atoms with van der Waals surface area (Å²) in [6, 6.07) is 18.1. The van der Waals surface area contributed by atoms with Crippen LogP contribution in [0, 0.1) is 0 Å². The Morgan fingerprint density at radius 3 is 2.48 bits per heavy atom. The van der Waals surface area contributed by atoms with Crippen molar-refractivity contribution in [3.8, 4) is 22.7 Å². The van der Waals surface area contributed by atoms with Gasteiger partial charge in [-0.15, -0.1) is 0 Å². The Balaban J connectivity index is 1.90. The van der Waals surface area contributed by atoms with Crippen molar-refractivity contribution < 1.29 is 4.74 Å². The van der Waals surface area contributed by atoms with Gasteiger partial charge in [0, 0.05) is 17.8 Å². The lowest BCUT2D eigenvalue weighted by molar-refractivity contribution is 0.328. The van der Waals surface area contributed by atoms with E-state index in [2.05, 4.69) is 21.7 Å². The highest BCUT2D eigenvalue weighted by Gasteiger charge is 2.06. The van der Waals surface area contributed by atoms with E-state index >= 15 is 0 Å². The predicted molar refractivity (Wildman–Crippen MR) is 83.5 cm³/mol. The number of nitrogens with zero attached hydrogens (tertiary/aromatic N) is 2. The molecule has 0 bridgehead atoms. The van der Waals surface area contributed by atoms with Gasteiger partial charge < -0.3 is 10.5 Å². The molecular weight excluding hydrogens is 262 g/mol. The van der Waals surface area contributed by atoms with E-state index in [0.29, 0.717) is 13.2 Å². The highest BCUT2D eigenvalue weighted by molar-refractivity contribution is 5.61. The highest BCUT2D eigenvalue weighted by Crippen LogP contribution is 2.23. The molecule has 0 saturated carbocycles. The van der Waals surface area contributed by atoms with Crippen LogP contribution in [0.2, 0.25) is 0 Å². The van der Waals surface area contributed by atoms with Crippen LogP contribution >= 0.6 is 0 Å². The van der Waals surface area contributed by atoms with E-state index in [1.165, 1.54) is 0 Å². The molecule has 0 fully saturated rings. The summed E-state index contributed by atoms with van der Waals surface area (Å²) in [5, 5.41) is 0. The van der Waals surface area contributed by atoms with Crippen molar-refractivity contribution >= 4 is 0 Å². The van der Waals surface area contributed by atoms with Crippen LogP contribution in [0.1, 0.15) is 0 Å². The van der Waals surface area contributed by atoms with Crippen LogP contribution in [0.5, 0.6) is 5.75 Å². The van der Waals surface area contributed by atoms with Crippen LogP contribution < -0.4 is 10.5 Å². The standard InChI is InChI=1S/C17H17N3O/c18-10-11-21-16-8-6-15(7-9-16)20-13-19-12-17(20)14-4-2-1-3-5-14/h1-9,12-13H,10-11,18H2. The maximum atomic E-state index is 5.49. The summed E-state index contributed by atoms with van der Waals surface area (Å²) < 4.78 is 7.55. The lowest BCUT2D eigenvalue weighted by Crippen LogP contribution is -2.10. The minimum absolute atomic E-state index is 0.515. The molecule has 0 unspecified atom stereocenters. The molecule has 21 heavy (non-hydrogen) atoms. The molecule has 0 radical (unpaired) electrons. The second kappa shape index (κ2) is 6.24. The van der Waals surface area contributed by atoms with Gasteiger partial charge in [0.1, 0.15) is 12.4 Å². The van der Waals surface area contributed by atoms with E-state index in [-0.39, 0.29) is 0 Å². The van der Waals surface area contributed by atoms with Crippen LogP contribution in [0.25, 0.3) is 16.9 Å². The van der Waals surface area contributed by atoms with Gasteiger partial charge in [-0.3, -0.25) is 4.57 Å². The van der Waals surface area contributed by atoms with Crippen LogP contribution in [-0.2, 0) is 0 Å². The first-order chi connectivity index (χ1) is 10.4. The molecule has 3 aromatic rings. The van der Waals surface area contributed by atoms with Gasteiger partial charge in [-0.1, -0.05) is 30.3 Å². The average molecular weight is 279 g/mol. The zero-order valence-corrected chi connectivity index (χ0v) is 11.6. The van der Waals surface area contributed by atoms with Crippen molar-refractivity contribution in [2.75, 3.05) is 13.2 Å². The Morgan fingerprint density at radius 1 is 1.00 bits per heavy atom. The Labute approximate surface area is 123 Å². The summed E-state index contributed by atoms with van der Waals surface area (Å²) in [6.45, 7) is 1.04. The molecule has 2 N–H and O–H groups in total. The molecule has 3 rings (SSSR count). The molecule has 1 heterocycles. The first kappa shape index (κ1) is 13.4. The summed E-state index contributed by atoms with van der Waals surface area (Å²) in [5.41, 5.74) is 8.68. The van der Waals surface area contributed by atoms with Crippen molar-refractivity contribution in [2.45, 2.75) is 0 Å². The third-order valence-corrected chi connectivity index (χ3v) is 3.21.